The number of hydrogen-bond donors (Lipinski definition) is 4. The van der Waals surface area contributed by atoms with Gasteiger partial charge in [-0.25, -0.2) is 5.01 Å². The molecule has 0 spiro atoms. The molecule has 7 nitrogen and oxygen atoms in total. The summed E-state index contributed by atoms with van der Waals surface area (Å²) in [4.78, 5) is 22.0. The van der Waals surface area contributed by atoms with Crippen molar-refractivity contribution in [2.75, 3.05) is 19.6 Å². The molecule has 0 aromatic carbocycles. The molecule has 1 atom stereocenters. The molecular formula is C10H22N4O3. The highest BCUT2D eigenvalue weighted by atomic mass is 16.4. The molecule has 7 heteroatoms. The molecule has 0 rings (SSSR count). The number of nitrogens with one attached hydrogen (secondary N) is 1. The first-order valence-electron chi connectivity index (χ1n) is 5.71. The molecule has 1 amide bonds. The number of amides is 1. The van der Waals surface area contributed by atoms with E-state index in [1.165, 1.54) is 5.01 Å². The van der Waals surface area contributed by atoms with Crippen LogP contribution in [0.25, 0.3) is 0 Å². The van der Waals surface area contributed by atoms with Gasteiger partial charge in [-0.05, 0) is 19.4 Å². The monoisotopic (exact) mass is 246 g/mol. The molecule has 6 N–H and O–H groups in total. The van der Waals surface area contributed by atoms with Crippen LogP contribution in [0.3, 0.4) is 0 Å². The molecule has 0 aliphatic carbocycles. The van der Waals surface area contributed by atoms with E-state index >= 15 is 0 Å². The summed E-state index contributed by atoms with van der Waals surface area (Å²) in [7, 11) is 0. The number of carboxylic acids is 1. The zero-order chi connectivity index (χ0) is 13.3. The van der Waals surface area contributed by atoms with Gasteiger partial charge in [0.2, 0.25) is 5.91 Å². The number of nitrogens with zero attached hydrogens (tertiary/aromatic N) is 1. The van der Waals surface area contributed by atoms with Gasteiger partial charge < -0.3 is 16.6 Å². The van der Waals surface area contributed by atoms with Gasteiger partial charge in [-0.2, -0.15) is 0 Å². The van der Waals surface area contributed by atoms with Crippen molar-refractivity contribution < 1.29 is 14.7 Å². The summed E-state index contributed by atoms with van der Waals surface area (Å²) in [6, 6.07) is -0.234. The summed E-state index contributed by atoms with van der Waals surface area (Å²) in [6.45, 7) is 2.52. The van der Waals surface area contributed by atoms with Crippen LogP contribution in [-0.2, 0) is 9.59 Å². The summed E-state index contributed by atoms with van der Waals surface area (Å²) in [5, 5.41) is 9.93. The van der Waals surface area contributed by atoms with Crippen LogP contribution < -0.4 is 16.9 Å². The SMILES string of the molecule is CCN(CC(=O)O)NC(=O)C[C@@H](N)CCCN. The van der Waals surface area contributed by atoms with E-state index in [9.17, 15) is 9.59 Å². The number of likely N-dealkylation sites (N-methyl/N-ethyl adjacent to an activating group) is 1. The fourth-order valence-corrected chi connectivity index (χ4v) is 1.34. The normalized spacial score (nSPS) is 12.5. The second-order valence-corrected chi connectivity index (χ2v) is 3.84. The minimum Gasteiger partial charge on any atom is -0.480 e. The van der Waals surface area contributed by atoms with Crippen molar-refractivity contribution in [2.24, 2.45) is 11.5 Å². The number of nitrogens with two attached hydrogens (primary N) is 2. The minimum atomic E-state index is -0.986. The van der Waals surface area contributed by atoms with E-state index in [4.69, 9.17) is 16.6 Å². The highest BCUT2D eigenvalue weighted by Crippen LogP contribution is 1.98. The second kappa shape index (κ2) is 8.91. The fourth-order valence-electron chi connectivity index (χ4n) is 1.34. The van der Waals surface area contributed by atoms with Crippen LogP contribution in [0.5, 0.6) is 0 Å². The molecule has 0 unspecified atom stereocenters. The van der Waals surface area contributed by atoms with Crippen LogP contribution in [0.2, 0.25) is 0 Å². The lowest BCUT2D eigenvalue weighted by molar-refractivity contribution is -0.140. The maximum Gasteiger partial charge on any atom is 0.319 e. The Labute approximate surface area is 101 Å². The first-order chi connectivity index (χ1) is 7.99. The Morgan fingerprint density at radius 1 is 1.47 bits per heavy atom. The first-order valence-corrected chi connectivity index (χ1v) is 5.71. The third-order valence-corrected chi connectivity index (χ3v) is 2.22. The Morgan fingerprint density at radius 3 is 2.59 bits per heavy atom. The van der Waals surface area contributed by atoms with Gasteiger partial charge in [-0.15, -0.1) is 0 Å². The van der Waals surface area contributed by atoms with E-state index in [1.807, 2.05) is 0 Å². The molecule has 100 valence electrons. The Morgan fingerprint density at radius 2 is 2.12 bits per heavy atom. The zero-order valence-corrected chi connectivity index (χ0v) is 10.2. The molecule has 0 saturated carbocycles. The second-order valence-electron chi connectivity index (χ2n) is 3.84. The molecule has 0 fully saturated rings. The van der Waals surface area contributed by atoms with Crippen LogP contribution >= 0.6 is 0 Å². The summed E-state index contributed by atoms with van der Waals surface area (Å²) >= 11 is 0. The van der Waals surface area contributed by atoms with Crippen molar-refractivity contribution in [3.8, 4) is 0 Å². The standard InChI is InChI=1S/C10H22N4O3/c1-2-14(7-10(16)17)13-9(15)6-8(12)4-3-5-11/h8H,2-7,11-12H2,1H3,(H,13,15)(H,16,17)/t8-/m0/s1. The predicted octanol–water partition coefficient (Wildman–Crippen LogP) is -1.12. The lowest BCUT2D eigenvalue weighted by Gasteiger charge is -2.20. The predicted molar refractivity (Wildman–Crippen MR) is 63.9 cm³/mol. The van der Waals surface area contributed by atoms with E-state index in [0.717, 1.165) is 6.42 Å². The number of rotatable bonds is 9. The summed E-state index contributed by atoms with van der Waals surface area (Å²) in [5.41, 5.74) is 13.6. The van der Waals surface area contributed by atoms with E-state index in [0.29, 0.717) is 19.5 Å². The van der Waals surface area contributed by atoms with Gasteiger partial charge in [0.05, 0.1) is 0 Å². The fraction of sp³-hybridized carbons (Fsp3) is 0.800. The average molecular weight is 246 g/mol. The smallest absolute Gasteiger partial charge is 0.319 e. The number of carboxylic acid groups (broad SMARTS) is 1. The van der Waals surface area contributed by atoms with E-state index < -0.39 is 5.97 Å². The zero-order valence-electron chi connectivity index (χ0n) is 10.2. The van der Waals surface area contributed by atoms with Crippen LogP contribution in [0.4, 0.5) is 0 Å². The molecule has 17 heavy (non-hydrogen) atoms. The minimum absolute atomic E-state index is 0.177. The van der Waals surface area contributed by atoms with Crippen LogP contribution in [0.15, 0.2) is 0 Å². The van der Waals surface area contributed by atoms with Gasteiger partial charge >= 0.3 is 5.97 Å². The van der Waals surface area contributed by atoms with Crippen LogP contribution in [0, 0.1) is 0 Å². The quantitative estimate of drug-likeness (QED) is 0.382. The Balaban J connectivity index is 3.93. The average Bonchev–Trinajstić information content (AvgIpc) is 2.24. The van der Waals surface area contributed by atoms with Crippen molar-refractivity contribution in [1.82, 2.24) is 10.4 Å². The Kier molecular flexibility index (Phi) is 8.29. The van der Waals surface area contributed by atoms with Gasteiger partial charge in [0, 0.05) is 19.0 Å². The van der Waals surface area contributed by atoms with Crippen molar-refractivity contribution in [3.63, 3.8) is 0 Å². The summed E-state index contributed by atoms with van der Waals surface area (Å²) < 4.78 is 0. The van der Waals surface area contributed by atoms with Crippen LogP contribution in [0.1, 0.15) is 26.2 Å². The van der Waals surface area contributed by atoms with Crippen molar-refractivity contribution in [3.05, 3.63) is 0 Å². The van der Waals surface area contributed by atoms with Gasteiger partial charge in [-0.3, -0.25) is 15.0 Å². The van der Waals surface area contributed by atoms with Crippen molar-refractivity contribution >= 4 is 11.9 Å². The van der Waals surface area contributed by atoms with Gasteiger partial charge in [0.15, 0.2) is 0 Å². The molecule has 0 aliphatic rings. The van der Waals surface area contributed by atoms with Gasteiger partial charge in [-0.1, -0.05) is 6.92 Å². The van der Waals surface area contributed by atoms with Gasteiger partial charge in [0.25, 0.3) is 0 Å². The molecule has 0 bridgehead atoms. The maximum absolute atomic E-state index is 11.5. The molecule has 0 radical (unpaired) electrons. The molecule has 0 heterocycles. The Hall–Kier alpha value is -1.18. The van der Waals surface area contributed by atoms with Crippen molar-refractivity contribution in [2.45, 2.75) is 32.2 Å². The number of carbonyl (C=O) groups excluding carboxylic acids is 1. The lowest BCUT2D eigenvalue weighted by Crippen LogP contribution is -2.46. The lowest BCUT2D eigenvalue weighted by atomic mass is 10.1. The topological polar surface area (TPSA) is 122 Å². The third-order valence-electron chi connectivity index (χ3n) is 2.22. The molecule has 0 aromatic rings. The van der Waals surface area contributed by atoms with Gasteiger partial charge in [0.1, 0.15) is 6.54 Å². The first kappa shape index (κ1) is 15.8. The van der Waals surface area contributed by atoms with Crippen molar-refractivity contribution in [1.29, 1.82) is 0 Å². The number of hydrogen-bond acceptors (Lipinski definition) is 5. The molecule has 0 aliphatic heterocycles. The van der Waals surface area contributed by atoms with E-state index in [1.54, 1.807) is 6.92 Å². The highest BCUT2D eigenvalue weighted by Gasteiger charge is 2.13. The Bertz CT molecular complexity index is 248. The summed E-state index contributed by atoms with van der Waals surface area (Å²) in [5.74, 6) is -1.25. The largest absolute Gasteiger partial charge is 0.480 e. The van der Waals surface area contributed by atoms with E-state index in [-0.39, 0.29) is 24.9 Å². The number of aliphatic carboxylic acids is 1. The van der Waals surface area contributed by atoms with E-state index in [2.05, 4.69) is 5.43 Å². The third kappa shape index (κ3) is 8.61. The number of hydrazine groups is 1. The molecule has 0 saturated heterocycles. The maximum atomic E-state index is 11.5. The highest BCUT2D eigenvalue weighted by molar-refractivity contribution is 5.76. The van der Waals surface area contributed by atoms with Crippen LogP contribution in [-0.4, -0.2) is 47.7 Å². The molecule has 0 aromatic heterocycles. The summed E-state index contributed by atoms with van der Waals surface area (Å²) in [6.07, 6.45) is 1.64. The number of carbonyl (C=O) groups is 2. The molecular weight excluding hydrogens is 224 g/mol.